The van der Waals surface area contributed by atoms with Crippen LogP contribution in [0.3, 0.4) is 0 Å². The fraction of sp³-hybridized carbons (Fsp3) is 0.500. The minimum atomic E-state index is 0.834. The third kappa shape index (κ3) is 2.37. The maximum Gasteiger partial charge on any atom is -0.00904 e. The largest absolute Gasteiger partial charge is 0.0850 e. The first-order valence-electron chi connectivity index (χ1n) is 8.29. The highest BCUT2D eigenvalue weighted by molar-refractivity contribution is 5.30. The lowest BCUT2D eigenvalue weighted by Crippen LogP contribution is -2.05. The van der Waals surface area contributed by atoms with Gasteiger partial charge in [-0.05, 0) is 68.3 Å². The standard InChI is InChI=1S/C13H14.C7H10/c1-2-4-11(5-3-1)13-9-10-6-7-12(13)8-10;1-2-7-4-3-6(1)5-7/h1-6,12-13H,7-9H2;1,7H,2-5H2. The summed E-state index contributed by atoms with van der Waals surface area (Å²) in [6.45, 7) is 0. The van der Waals surface area contributed by atoms with E-state index in [-0.39, 0.29) is 0 Å². The van der Waals surface area contributed by atoms with Gasteiger partial charge in [-0.2, -0.15) is 0 Å². The van der Waals surface area contributed by atoms with E-state index in [0.717, 1.165) is 17.8 Å². The fourth-order valence-electron chi connectivity index (χ4n) is 4.52. The summed E-state index contributed by atoms with van der Waals surface area (Å²) >= 11 is 0. The van der Waals surface area contributed by atoms with E-state index in [9.17, 15) is 0 Å². The van der Waals surface area contributed by atoms with E-state index in [1.807, 2.05) is 0 Å². The summed E-state index contributed by atoms with van der Waals surface area (Å²) in [6, 6.07) is 11.0. The maximum absolute atomic E-state index is 2.45. The Morgan fingerprint density at radius 1 is 0.800 bits per heavy atom. The molecule has 0 amide bonds. The van der Waals surface area contributed by atoms with Crippen molar-refractivity contribution < 1.29 is 0 Å². The number of rotatable bonds is 1. The highest BCUT2D eigenvalue weighted by atomic mass is 14.4. The summed E-state index contributed by atoms with van der Waals surface area (Å²) in [4.78, 5) is 0. The van der Waals surface area contributed by atoms with Gasteiger partial charge in [-0.1, -0.05) is 53.6 Å². The molecule has 20 heavy (non-hydrogen) atoms. The van der Waals surface area contributed by atoms with Crippen molar-refractivity contribution in [3.63, 3.8) is 0 Å². The molecule has 2 saturated carbocycles. The Labute approximate surface area is 122 Å². The van der Waals surface area contributed by atoms with Crippen molar-refractivity contribution in [3.8, 4) is 0 Å². The summed E-state index contributed by atoms with van der Waals surface area (Å²) in [5.74, 6) is 2.84. The fourth-order valence-corrected chi connectivity index (χ4v) is 4.52. The van der Waals surface area contributed by atoms with Gasteiger partial charge in [0.25, 0.3) is 0 Å². The number of benzene rings is 1. The molecule has 2 fully saturated rings. The minimum absolute atomic E-state index is 0.834. The summed E-state index contributed by atoms with van der Waals surface area (Å²) in [5.41, 5.74) is 5.00. The van der Waals surface area contributed by atoms with Gasteiger partial charge >= 0.3 is 0 Å². The monoisotopic (exact) mass is 264 g/mol. The Hall–Kier alpha value is -1.30. The van der Waals surface area contributed by atoms with Crippen molar-refractivity contribution in [2.24, 2.45) is 11.8 Å². The molecule has 1 aromatic carbocycles. The molecule has 0 aromatic heterocycles. The number of allylic oxidation sites excluding steroid dienone is 4. The van der Waals surface area contributed by atoms with Gasteiger partial charge in [0, 0.05) is 0 Å². The van der Waals surface area contributed by atoms with Crippen LogP contribution in [-0.4, -0.2) is 0 Å². The molecule has 0 spiro atoms. The molecule has 0 nitrogen and oxygen atoms in total. The molecule has 4 bridgehead atoms. The molecule has 0 saturated heterocycles. The quantitative estimate of drug-likeness (QED) is 0.577. The van der Waals surface area contributed by atoms with Crippen LogP contribution in [0.4, 0.5) is 0 Å². The van der Waals surface area contributed by atoms with Gasteiger partial charge in [0.2, 0.25) is 0 Å². The van der Waals surface area contributed by atoms with E-state index in [2.05, 4.69) is 42.5 Å². The molecule has 104 valence electrons. The van der Waals surface area contributed by atoms with Crippen molar-refractivity contribution >= 4 is 0 Å². The Kier molecular flexibility index (Phi) is 3.26. The molecule has 3 atom stereocenters. The molecule has 4 aliphatic carbocycles. The van der Waals surface area contributed by atoms with E-state index in [1.165, 1.54) is 44.9 Å². The third-order valence-corrected chi connectivity index (χ3v) is 5.68. The van der Waals surface area contributed by atoms with Crippen molar-refractivity contribution in [1.29, 1.82) is 0 Å². The maximum atomic E-state index is 2.45. The molecule has 4 aliphatic rings. The Bertz CT molecular complexity index is 534. The molecular weight excluding hydrogens is 240 g/mol. The van der Waals surface area contributed by atoms with Crippen LogP contribution in [0.1, 0.15) is 56.4 Å². The third-order valence-electron chi connectivity index (χ3n) is 5.68. The van der Waals surface area contributed by atoms with E-state index >= 15 is 0 Å². The second-order valence-corrected chi connectivity index (χ2v) is 6.99. The van der Waals surface area contributed by atoms with Gasteiger partial charge in [-0.3, -0.25) is 0 Å². The first-order chi connectivity index (χ1) is 9.88. The smallest absolute Gasteiger partial charge is 0.00904 e. The van der Waals surface area contributed by atoms with Crippen LogP contribution in [-0.2, 0) is 0 Å². The molecular formula is C20H24. The van der Waals surface area contributed by atoms with E-state index in [4.69, 9.17) is 0 Å². The molecule has 5 rings (SSSR count). The normalized spacial score (nSPS) is 32.7. The zero-order chi connectivity index (χ0) is 13.4. The number of hydrogen-bond donors (Lipinski definition) is 0. The van der Waals surface area contributed by atoms with Crippen LogP contribution in [0.25, 0.3) is 0 Å². The van der Waals surface area contributed by atoms with Crippen LogP contribution in [0, 0.1) is 11.8 Å². The van der Waals surface area contributed by atoms with Crippen molar-refractivity contribution in [2.45, 2.75) is 50.9 Å². The zero-order valence-corrected chi connectivity index (χ0v) is 12.2. The summed E-state index contributed by atoms with van der Waals surface area (Å²) in [5, 5.41) is 0. The van der Waals surface area contributed by atoms with Crippen LogP contribution in [0.2, 0.25) is 0 Å². The van der Waals surface area contributed by atoms with Crippen molar-refractivity contribution in [3.05, 3.63) is 59.2 Å². The molecule has 0 heteroatoms. The first-order valence-corrected chi connectivity index (χ1v) is 8.29. The van der Waals surface area contributed by atoms with E-state index in [0.29, 0.717) is 0 Å². The average molecular weight is 264 g/mol. The predicted molar refractivity (Wildman–Crippen MR) is 84.6 cm³/mol. The van der Waals surface area contributed by atoms with Crippen LogP contribution in [0.15, 0.2) is 53.6 Å². The summed E-state index contributed by atoms with van der Waals surface area (Å²) in [6.07, 6.45) is 14.7. The SMILES string of the molecule is C1=C2CC(C1)C(c1ccccc1)C2.C1=C2CCC(C1)C2. The minimum Gasteiger partial charge on any atom is -0.0850 e. The van der Waals surface area contributed by atoms with Gasteiger partial charge in [-0.25, -0.2) is 0 Å². The lowest BCUT2D eigenvalue weighted by Gasteiger charge is -2.18. The molecule has 0 radical (unpaired) electrons. The molecule has 0 heterocycles. The first kappa shape index (κ1) is 12.4. The average Bonchev–Trinajstić information content (AvgIpc) is 3.29. The summed E-state index contributed by atoms with van der Waals surface area (Å²) in [7, 11) is 0. The molecule has 0 aliphatic heterocycles. The predicted octanol–water partition coefficient (Wildman–Crippen LogP) is 5.63. The van der Waals surface area contributed by atoms with Gasteiger partial charge in [0.1, 0.15) is 0 Å². The second kappa shape index (κ2) is 5.24. The second-order valence-electron chi connectivity index (χ2n) is 6.99. The highest BCUT2D eigenvalue weighted by Crippen LogP contribution is 2.49. The van der Waals surface area contributed by atoms with Crippen molar-refractivity contribution in [2.75, 3.05) is 0 Å². The number of fused-ring (bicyclic) bond motifs is 4. The van der Waals surface area contributed by atoms with Crippen molar-refractivity contribution in [1.82, 2.24) is 0 Å². The molecule has 0 N–H and O–H groups in total. The lowest BCUT2D eigenvalue weighted by molar-refractivity contribution is 0.496. The van der Waals surface area contributed by atoms with Crippen LogP contribution < -0.4 is 0 Å². The molecule has 1 aromatic rings. The Morgan fingerprint density at radius 2 is 1.65 bits per heavy atom. The van der Waals surface area contributed by atoms with E-state index in [1.54, 1.807) is 16.7 Å². The topological polar surface area (TPSA) is 0 Å². The Balaban J connectivity index is 0.000000127. The summed E-state index contributed by atoms with van der Waals surface area (Å²) < 4.78 is 0. The van der Waals surface area contributed by atoms with Crippen LogP contribution in [0.5, 0.6) is 0 Å². The van der Waals surface area contributed by atoms with E-state index < -0.39 is 0 Å². The van der Waals surface area contributed by atoms with Gasteiger partial charge in [-0.15, -0.1) is 0 Å². The number of hydrogen-bond acceptors (Lipinski definition) is 0. The van der Waals surface area contributed by atoms with Gasteiger partial charge in [0.05, 0.1) is 0 Å². The van der Waals surface area contributed by atoms with Gasteiger partial charge in [0.15, 0.2) is 0 Å². The lowest BCUT2D eigenvalue weighted by atomic mass is 9.86. The van der Waals surface area contributed by atoms with Crippen LogP contribution >= 0.6 is 0 Å². The molecule has 3 unspecified atom stereocenters. The highest BCUT2D eigenvalue weighted by Gasteiger charge is 2.34. The Morgan fingerprint density at radius 3 is 2.10 bits per heavy atom. The zero-order valence-electron chi connectivity index (χ0n) is 12.2. The van der Waals surface area contributed by atoms with Gasteiger partial charge < -0.3 is 0 Å².